The van der Waals surface area contributed by atoms with Gasteiger partial charge in [-0.3, -0.25) is 0 Å². The molecule has 1 aliphatic carbocycles. The predicted octanol–water partition coefficient (Wildman–Crippen LogP) is 5.47. The maximum absolute atomic E-state index is 9.63. The quantitative estimate of drug-likeness (QED) is 0.465. The van der Waals surface area contributed by atoms with Gasteiger partial charge in [-0.05, 0) is 60.9 Å². The maximum Gasteiger partial charge on any atom is 0.142 e. The highest BCUT2D eigenvalue weighted by atomic mass is 16.5. The summed E-state index contributed by atoms with van der Waals surface area (Å²) in [5.74, 6) is 0.148. The standard InChI is InChI=1S/C24H24N2O/c1-2-3-7-13-24(21(16-25)17-26)14-12-20-10-11-22(15-23(20)24)27-18-19-8-5-4-6-9-19/h2,4-6,8-11,15,21H,1,3,7,12-14,18H2. The van der Waals surface area contributed by atoms with Crippen LogP contribution in [0.2, 0.25) is 0 Å². The number of allylic oxidation sites excluding steroid dienone is 1. The summed E-state index contributed by atoms with van der Waals surface area (Å²) < 4.78 is 6.00. The van der Waals surface area contributed by atoms with Crippen LogP contribution in [-0.4, -0.2) is 0 Å². The molecule has 0 amide bonds. The number of fused-ring (bicyclic) bond motifs is 1. The highest BCUT2D eigenvalue weighted by molar-refractivity contribution is 5.47. The van der Waals surface area contributed by atoms with Crippen molar-refractivity contribution in [3.05, 3.63) is 77.9 Å². The molecule has 2 aromatic carbocycles. The number of nitriles is 2. The van der Waals surface area contributed by atoms with Crippen LogP contribution < -0.4 is 4.74 Å². The van der Waals surface area contributed by atoms with E-state index < -0.39 is 11.3 Å². The molecular formula is C24H24N2O. The number of unbranched alkanes of at least 4 members (excludes halogenated alkanes) is 1. The number of benzene rings is 2. The molecule has 0 heterocycles. The lowest BCUT2D eigenvalue weighted by molar-refractivity contribution is 0.302. The zero-order chi connectivity index (χ0) is 19.1. The van der Waals surface area contributed by atoms with Gasteiger partial charge in [0.2, 0.25) is 0 Å². The third-order valence-corrected chi connectivity index (χ3v) is 5.55. The average molecular weight is 356 g/mol. The Morgan fingerprint density at radius 3 is 2.63 bits per heavy atom. The molecule has 0 saturated carbocycles. The van der Waals surface area contributed by atoms with E-state index in [0.29, 0.717) is 6.61 Å². The topological polar surface area (TPSA) is 56.8 Å². The Bertz CT molecular complexity index is 861. The van der Waals surface area contributed by atoms with Gasteiger partial charge < -0.3 is 4.74 Å². The minimum atomic E-state index is -0.645. The number of aryl methyl sites for hydroxylation is 1. The van der Waals surface area contributed by atoms with Gasteiger partial charge in [0.25, 0.3) is 0 Å². The summed E-state index contributed by atoms with van der Waals surface area (Å²) in [4.78, 5) is 0. The number of nitrogens with zero attached hydrogens (tertiary/aromatic N) is 2. The van der Waals surface area contributed by atoms with Crippen molar-refractivity contribution in [3.8, 4) is 17.9 Å². The molecule has 27 heavy (non-hydrogen) atoms. The van der Waals surface area contributed by atoms with Crippen LogP contribution in [0.3, 0.4) is 0 Å². The van der Waals surface area contributed by atoms with Crippen LogP contribution in [0.25, 0.3) is 0 Å². The Labute approximate surface area is 161 Å². The van der Waals surface area contributed by atoms with E-state index in [1.807, 2.05) is 42.5 Å². The molecule has 0 N–H and O–H groups in total. The van der Waals surface area contributed by atoms with Gasteiger partial charge in [0, 0.05) is 5.41 Å². The highest BCUT2D eigenvalue weighted by Gasteiger charge is 2.45. The molecule has 3 nitrogen and oxygen atoms in total. The summed E-state index contributed by atoms with van der Waals surface area (Å²) in [5.41, 5.74) is 3.05. The molecule has 0 aromatic heterocycles. The van der Waals surface area contributed by atoms with E-state index in [0.717, 1.165) is 49.0 Å². The summed E-state index contributed by atoms with van der Waals surface area (Å²) >= 11 is 0. The molecule has 0 saturated heterocycles. The van der Waals surface area contributed by atoms with Gasteiger partial charge in [-0.2, -0.15) is 10.5 Å². The molecule has 0 radical (unpaired) electrons. The monoisotopic (exact) mass is 356 g/mol. The molecule has 0 aliphatic heterocycles. The fourth-order valence-electron chi connectivity index (χ4n) is 4.10. The van der Waals surface area contributed by atoms with Gasteiger partial charge in [-0.1, -0.05) is 42.5 Å². The van der Waals surface area contributed by atoms with Crippen LogP contribution in [-0.2, 0) is 18.4 Å². The summed E-state index contributed by atoms with van der Waals surface area (Å²) in [7, 11) is 0. The third-order valence-electron chi connectivity index (χ3n) is 5.55. The second-order valence-electron chi connectivity index (χ2n) is 7.12. The lowest BCUT2D eigenvalue weighted by Crippen LogP contribution is -2.31. The zero-order valence-electron chi connectivity index (χ0n) is 15.5. The highest BCUT2D eigenvalue weighted by Crippen LogP contribution is 2.48. The Hall–Kier alpha value is -3.04. The molecule has 2 aromatic rings. The number of rotatable bonds is 8. The molecule has 3 rings (SSSR count). The summed E-state index contributed by atoms with van der Waals surface area (Å²) in [6.45, 7) is 4.30. The minimum absolute atomic E-state index is 0.409. The summed E-state index contributed by atoms with van der Waals surface area (Å²) in [5, 5.41) is 19.3. The molecule has 1 unspecified atom stereocenters. The molecule has 0 fully saturated rings. The maximum atomic E-state index is 9.63. The van der Waals surface area contributed by atoms with Crippen molar-refractivity contribution >= 4 is 0 Å². The van der Waals surface area contributed by atoms with Crippen molar-refractivity contribution in [2.75, 3.05) is 0 Å². The van der Waals surface area contributed by atoms with E-state index in [2.05, 4.69) is 30.9 Å². The van der Waals surface area contributed by atoms with Gasteiger partial charge in [0.15, 0.2) is 0 Å². The van der Waals surface area contributed by atoms with Crippen molar-refractivity contribution in [1.29, 1.82) is 10.5 Å². The lowest BCUT2D eigenvalue weighted by atomic mass is 9.69. The van der Waals surface area contributed by atoms with Gasteiger partial charge in [0.1, 0.15) is 18.3 Å². The smallest absolute Gasteiger partial charge is 0.142 e. The van der Waals surface area contributed by atoms with Crippen LogP contribution in [0.4, 0.5) is 0 Å². The van der Waals surface area contributed by atoms with Gasteiger partial charge in [0.05, 0.1) is 12.1 Å². The first-order valence-corrected chi connectivity index (χ1v) is 9.44. The summed E-state index contributed by atoms with van der Waals surface area (Å²) in [6.07, 6.45) is 6.29. The zero-order valence-corrected chi connectivity index (χ0v) is 15.5. The van der Waals surface area contributed by atoms with E-state index in [9.17, 15) is 10.5 Å². The van der Waals surface area contributed by atoms with Crippen LogP contribution in [0.5, 0.6) is 5.75 Å². The minimum Gasteiger partial charge on any atom is -0.489 e. The predicted molar refractivity (Wildman–Crippen MR) is 106 cm³/mol. The fraction of sp³-hybridized carbons (Fsp3) is 0.333. The number of ether oxygens (including phenoxy) is 1. The molecule has 3 heteroatoms. The second-order valence-corrected chi connectivity index (χ2v) is 7.12. The van der Waals surface area contributed by atoms with E-state index >= 15 is 0 Å². The Morgan fingerprint density at radius 2 is 1.93 bits per heavy atom. The van der Waals surface area contributed by atoms with Gasteiger partial charge >= 0.3 is 0 Å². The van der Waals surface area contributed by atoms with E-state index in [1.165, 1.54) is 5.56 Å². The molecule has 136 valence electrons. The Balaban J connectivity index is 1.88. The second kappa shape index (κ2) is 8.56. The van der Waals surface area contributed by atoms with Crippen molar-refractivity contribution < 1.29 is 4.74 Å². The largest absolute Gasteiger partial charge is 0.489 e. The molecule has 0 spiro atoms. The fourth-order valence-corrected chi connectivity index (χ4v) is 4.10. The Kier molecular flexibility index (Phi) is 5.94. The molecule has 1 aliphatic rings. The first-order chi connectivity index (χ1) is 13.2. The first-order valence-electron chi connectivity index (χ1n) is 9.44. The normalized spacial score (nSPS) is 17.7. The Morgan fingerprint density at radius 1 is 1.15 bits per heavy atom. The van der Waals surface area contributed by atoms with Crippen molar-refractivity contribution in [1.82, 2.24) is 0 Å². The van der Waals surface area contributed by atoms with E-state index in [4.69, 9.17) is 4.74 Å². The van der Waals surface area contributed by atoms with E-state index in [1.54, 1.807) is 0 Å². The lowest BCUT2D eigenvalue weighted by Gasteiger charge is -2.31. The van der Waals surface area contributed by atoms with Crippen LogP contribution in [0.1, 0.15) is 42.4 Å². The van der Waals surface area contributed by atoms with Crippen molar-refractivity contribution in [2.45, 2.75) is 44.1 Å². The molecule has 0 bridgehead atoms. The third kappa shape index (κ3) is 3.88. The SMILES string of the molecule is C=CCCCC1(C(C#N)C#N)CCc2ccc(OCc3ccccc3)cc21. The van der Waals surface area contributed by atoms with E-state index in [-0.39, 0.29) is 0 Å². The van der Waals surface area contributed by atoms with Gasteiger partial charge in [-0.25, -0.2) is 0 Å². The number of hydrogen-bond donors (Lipinski definition) is 0. The van der Waals surface area contributed by atoms with Crippen molar-refractivity contribution in [2.24, 2.45) is 5.92 Å². The van der Waals surface area contributed by atoms with Gasteiger partial charge in [-0.15, -0.1) is 6.58 Å². The van der Waals surface area contributed by atoms with Crippen molar-refractivity contribution in [3.63, 3.8) is 0 Å². The number of hydrogen-bond acceptors (Lipinski definition) is 3. The molecule has 1 atom stereocenters. The van der Waals surface area contributed by atoms with Crippen LogP contribution in [0.15, 0.2) is 61.2 Å². The molecular weight excluding hydrogens is 332 g/mol. The van der Waals surface area contributed by atoms with Crippen LogP contribution in [0, 0.1) is 28.6 Å². The first kappa shape index (κ1) is 18.7. The average Bonchev–Trinajstić information content (AvgIpc) is 3.07. The summed E-state index contributed by atoms with van der Waals surface area (Å²) in [6, 6.07) is 20.7. The van der Waals surface area contributed by atoms with Crippen LogP contribution >= 0.6 is 0 Å².